The number of benzene rings is 1. The number of esters is 1. The minimum absolute atomic E-state index is 0.0469. The molecule has 1 aliphatic rings. The Bertz CT molecular complexity index is 831. The fourth-order valence-electron chi connectivity index (χ4n) is 2.22. The van der Waals surface area contributed by atoms with Gasteiger partial charge in [-0.05, 0) is 17.7 Å². The van der Waals surface area contributed by atoms with Gasteiger partial charge >= 0.3 is 23.9 Å². The predicted molar refractivity (Wildman–Crippen MR) is 82.7 cm³/mol. The number of halogens is 6. The van der Waals surface area contributed by atoms with E-state index in [1.807, 2.05) is 0 Å². The number of carbonyl (C=O) groups excluding carboxylic acids is 1. The third-order valence-electron chi connectivity index (χ3n) is 3.67. The number of epoxide rings is 1. The van der Waals surface area contributed by atoms with Crippen LogP contribution in [0.5, 0.6) is 5.75 Å². The highest BCUT2D eigenvalue weighted by molar-refractivity contribution is 7.85. The van der Waals surface area contributed by atoms with E-state index in [4.69, 9.17) is 14.0 Å². The number of alkyl halides is 6. The van der Waals surface area contributed by atoms with Crippen molar-refractivity contribution < 1.29 is 58.3 Å². The van der Waals surface area contributed by atoms with Crippen LogP contribution in [0.2, 0.25) is 0 Å². The minimum Gasteiger partial charge on any atom is -0.491 e. The molecule has 1 N–H and O–H groups in total. The van der Waals surface area contributed by atoms with Crippen LogP contribution in [0.3, 0.4) is 0 Å². The van der Waals surface area contributed by atoms with Gasteiger partial charge in [-0.3, -0.25) is 9.35 Å². The van der Waals surface area contributed by atoms with Gasteiger partial charge in [0.1, 0.15) is 24.2 Å². The Kier molecular flexibility index (Phi) is 6.40. The van der Waals surface area contributed by atoms with Crippen LogP contribution in [-0.4, -0.2) is 62.0 Å². The quantitative estimate of drug-likeness (QED) is 0.280. The van der Waals surface area contributed by atoms with E-state index in [0.717, 1.165) is 0 Å². The Morgan fingerprint density at radius 3 is 2.24 bits per heavy atom. The number of rotatable bonds is 8. The number of carbonyl (C=O) groups is 1. The highest BCUT2D eigenvalue weighted by Gasteiger charge is 2.75. The molecule has 2 rings (SSSR count). The van der Waals surface area contributed by atoms with E-state index in [0.29, 0.717) is 6.61 Å². The van der Waals surface area contributed by atoms with Gasteiger partial charge in [0.15, 0.2) is 0 Å². The van der Waals surface area contributed by atoms with Gasteiger partial charge < -0.3 is 14.2 Å². The molecular formula is C15H14F6O7S. The summed E-state index contributed by atoms with van der Waals surface area (Å²) in [5, 5.41) is 0. The highest BCUT2D eigenvalue weighted by Crippen LogP contribution is 2.47. The molecule has 0 radical (unpaired) electrons. The van der Waals surface area contributed by atoms with Crippen molar-refractivity contribution in [2.75, 3.05) is 19.0 Å². The topological polar surface area (TPSA) is 102 Å². The molecule has 14 heteroatoms. The summed E-state index contributed by atoms with van der Waals surface area (Å²) in [6.07, 6.45) is -13.9. The SMILES string of the molecule is O=C(Cc1cccc(OCC2CO2)c1)OC(CS(=O)(=O)O)(C(F)(F)F)C(F)(F)F. The van der Waals surface area contributed by atoms with Gasteiger partial charge in [-0.25, -0.2) is 0 Å². The van der Waals surface area contributed by atoms with Crippen LogP contribution in [0.4, 0.5) is 26.3 Å². The fourth-order valence-corrected chi connectivity index (χ4v) is 3.12. The van der Waals surface area contributed by atoms with Gasteiger partial charge in [0.25, 0.3) is 10.1 Å². The van der Waals surface area contributed by atoms with E-state index < -0.39 is 46.2 Å². The van der Waals surface area contributed by atoms with E-state index in [1.54, 1.807) is 0 Å². The summed E-state index contributed by atoms with van der Waals surface area (Å²) in [4.78, 5) is 11.8. The standard InChI is InChI=1S/C15H14F6O7S/c16-14(17,18)13(15(19,20)21,8-29(23,24)25)28-12(22)5-9-2-1-3-10(4-9)26-6-11-7-27-11/h1-4,11H,5-8H2,(H,23,24,25). The molecule has 0 aromatic heterocycles. The van der Waals surface area contributed by atoms with Gasteiger partial charge in [-0.2, -0.15) is 34.8 Å². The first-order valence-corrected chi connectivity index (χ1v) is 9.38. The normalized spacial score (nSPS) is 17.7. The summed E-state index contributed by atoms with van der Waals surface area (Å²) >= 11 is 0. The molecular weight excluding hydrogens is 438 g/mol. The zero-order valence-electron chi connectivity index (χ0n) is 14.3. The molecule has 1 aliphatic heterocycles. The lowest BCUT2D eigenvalue weighted by Gasteiger charge is -2.35. The summed E-state index contributed by atoms with van der Waals surface area (Å²) in [6.45, 7) is 0.643. The maximum Gasteiger partial charge on any atom is 0.438 e. The third-order valence-corrected chi connectivity index (χ3v) is 4.45. The second-order valence-corrected chi connectivity index (χ2v) is 7.57. The van der Waals surface area contributed by atoms with Crippen molar-refractivity contribution in [1.82, 2.24) is 0 Å². The van der Waals surface area contributed by atoms with Gasteiger partial charge in [0.2, 0.25) is 0 Å². The van der Waals surface area contributed by atoms with E-state index in [-0.39, 0.29) is 24.0 Å². The second-order valence-electron chi connectivity index (χ2n) is 6.11. The summed E-state index contributed by atoms with van der Waals surface area (Å²) < 4.78 is 123. The Balaban J connectivity index is 2.22. The van der Waals surface area contributed by atoms with Crippen LogP contribution in [0, 0.1) is 0 Å². The number of ether oxygens (including phenoxy) is 3. The molecule has 1 saturated heterocycles. The van der Waals surface area contributed by atoms with E-state index in [2.05, 4.69) is 4.74 Å². The van der Waals surface area contributed by atoms with Gasteiger partial charge in [-0.1, -0.05) is 12.1 Å². The Morgan fingerprint density at radius 1 is 1.17 bits per heavy atom. The van der Waals surface area contributed by atoms with Crippen LogP contribution < -0.4 is 4.74 Å². The average molecular weight is 452 g/mol. The van der Waals surface area contributed by atoms with Crippen molar-refractivity contribution in [1.29, 1.82) is 0 Å². The summed E-state index contributed by atoms with van der Waals surface area (Å²) in [6, 6.07) is 5.18. The summed E-state index contributed by atoms with van der Waals surface area (Å²) in [5.74, 6) is -4.75. The summed E-state index contributed by atoms with van der Waals surface area (Å²) in [5.41, 5.74) is -5.48. The van der Waals surface area contributed by atoms with Gasteiger partial charge in [0, 0.05) is 0 Å². The first kappa shape index (κ1) is 23.2. The van der Waals surface area contributed by atoms with Crippen LogP contribution in [0.25, 0.3) is 0 Å². The lowest BCUT2D eigenvalue weighted by molar-refractivity contribution is -0.361. The van der Waals surface area contributed by atoms with Crippen LogP contribution >= 0.6 is 0 Å². The molecule has 0 saturated carbocycles. The lowest BCUT2D eigenvalue weighted by atomic mass is 10.1. The van der Waals surface area contributed by atoms with E-state index in [9.17, 15) is 39.6 Å². The molecule has 1 aromatic rings. The maximum atomic E-state index is 13.1. The Morgan fingerprint density at radius 2 is 1.76 bits per heavy atom. The van der Waals surface area contributed by atoms with Crippen molar-refractivity contribution in [2.24, 2.45) is 0 Å². The van der Waals surface area contributed by atoms with Gasteiger partial charge in [-0.15, -0.1) is 0 Å². The predicted octanol–water partition coefficient (Wildman–Crippen LogP) is 2.30. The molecule has 1 heterocycles. The molecule has 0 aliphatic carbocycles. The molecule has 1 fully saturated rings. The van der Waals surface area contributed by atoms with E-state index in [1.165, 1.54) is 24.3 Å². The fraction of sp³-hybridized carbons (Fsp3) is 0.533. The molecule has 1 aromatic carbocycles. The molecule has 1 unspecified atom stereocenters. The van der Waals surface area contributed by atoms with Gasteiger partial charge in [0.05, 0.1) is 13.0 Å². The van der Waals surface area contributed by atoms with Crippen LogP contribution in [-0.2, 0) is 30.8 Å². The maximum absolute atomic E-state index is 13.1. The van der Waals surface area contributed by atoms with Crippen molar-refractivity contribution in [2.45, 2.75) is 30.5 Å². The molecule has 0 spiro atoms. The molecule has 7 nitrogen and oxygen atoms in total. The molecule has 1 atom stereocenters. The van der Waals surface area contributed by atoms with Crippen molar-refractivity contribution >= 4 is 16.1 Å². The lowest BCUT2D eigenvalue weighted by Crippen LogP contribution is -2.63. The second kappa shape index (κ2) is 7.99. The largest absolute Gasteiger partial charge is 0.491 e. The van der Waals surface area contributed by atoms with E-state index >= 15 is 0 Å². The minimum atomic E-state index is -6.37. The molecule has 0 amide bonds. The Hall–Kier alpha value is -2.06. The monoisotopic (exact) mass is 452 g/mol. The third kappa shape index (κ3) is 6.21. The number of hydrogen-bond acceptors (Lipinski definition) is 6. The first-order valence-electron chi connectivity index (χ1n) is 7.77. The highest BCUT2D eigenvalue weighted by atomic mass is 32.2. The smallest absolute Gasteiger partial charge is 0.438 e. The molecule has 164 valence electrons. The van der Waals surface area contributed by atoms with Crippen LogP contribution in [0.1, 0.15) is 5.56 Å². The zero-order valence-corrected chi connectivity index (χ0v) is 15.1. The van der Waals surface area contributed by atoms with Crippen molar-refractivity contribution in [3.05, 3.63) is 29.8 Å². The Labute approximate surface area is 160 Å². The average Bonchev–Trinajstić information content (AvgIpc) is 3.33. The molecule has 29 heavy (non-hydrogen) atoms. The molecule has 0 bridgehead atoms. The zero-order chi connectivity index (χ0) is 22.1. The summed E-state index contributed by atoms with van der Waals surface area (Å²) in [7, 11) is -5.83. The van der Waals surface area contributed by atoms with Crippen molar-refractivity contribution in [3.63, 3.8) is 0 Å². The first-order chi connectivity index (χ1) is 13.1. The van der Waals surface area contributed by atoms with Crippen LogP contribution in [0.15, 0.2) is 24.3 Å². The number of hydrogen-bond donors (Lipinski definition) is 1. The van der Waals surface area contributed by atoms with Crippen molar-refractivity contribution in [3.8, 4) is 5.75 Å².